The minimum Gasteiger partial charge on any atom is -0.497 e. The van der Waals surface area contributed by atoms with Crippen molar-refractivity contribution in [3.63, 3.8) is 0 Å². The quantitative estimate of drug-likeness (QED) is 0.751. The number of methoxy groups -OCH3 is 1. The number of alkyl halides is 1. The van der Waals surface area contributed by atoms with E-state index in [1.807, 2.05) is 12.1 Å². The number of halogens is 3. The van der Waals surface area contributed by atoms with Gasteiger partial charge in [0, 0.05) is 0 Å². The summed E-state index contributed by atoms with van der Waals surface area (Å²) in [7, 11) is 1.56. The topological polar surface area (TPSA) is 9.23 Å². The standard InChI is InChI=1S/C15H13ClF2O/c1-19-12-6-2-4-10(8-12)13(16)9-11-5-3-7-14(17)15(11)18/h2-8,13H,9H2,1H3. The summed E-state index contributed by atoms with van der Waals surface area (Å²) in [5.74, 6) is -1.01. The van der Waals surface area contributed by atoms with Crippen LogP contribution in [0.3, 0.4) is 0 Å². The summed E-state index contributed by atoms with van der Waals surface area (Å²) in [5.41, 5.74) is 1.08. The summed E-state index contributed by atoms with van der Waals surface area (Å²) in [5, 5.41) is -0.439. The average molecular weight is 283 g/mol. The molecule has 0 N–H and O–H groups in total. The van der Waals surface area contributed by atoms with Gasteiger partial charge in [0.15, 0.2) is 11.6 Å². The Kier molecular flexibility index (Phi) is 4.38. The van der Waals surface area contributed by atoms with Crippen LogP contribution in [-0.4, -0.2) is 7.11 Å². The van der Waals surface area contributed by atoms with E-state index in [-0.39, 0.29) is 12.0 Å². The Labute approximate surface area is 115 Å². The van der Waals surface area contributed by atoms with E-state index in [4.69, 9.17) is 16.3 Å². The Morgan fingerprint density at radius 3 is 2.63 bits per heavy atom. The molecule has 4 heteroatoms. The first-order valence-electron chi connectivity index (χ1n) is 5.82. The summed E-state index contributed by atoms with van der Waals surface area (Å²) in [6, 6.07) is 11.3. The Balaban J connectivity index is 2.20. The third kappa shape index (κ3) is 3.24. The van der Waals surface area contributed by atoms with E-state index < -0.39 is 17.0 Å². The fraction of sp³-hybridized carbons (Fsp3) is 0.200. The maximum Gasteiger partial charge on any atom is 0.162 e. The van der Waals surface area contributed by atoms with E-state index in [1.54, 1.807) is 19.2 Å². The molecule has 0 bridgehead atoms. The monoisotopic (exact) mass is 282 g/mol. The molecule has 0 heterocycles. The third-order valence-corrected chi connectivity index (χ3v) is 3.29. The third-order valence-electron chi connectivity index (χ3n) is 2.89. The summed E-state index contributed by atoms with van der Waals surface area (Å²) < 4.78 is 31.8. The number of rotatable bonds is 4. The summed E-state index contributed by atoms with van der Waals surface area (Å²) in [6.07, 6.45) is 0.221. The number of benzene rings is 2. The van der Waals surface area contributed by atoms with E-state index in [1.165, 1.54) is 12.1 Å². The lowest BCUT2D eigenvalue weighted by molar-refractivity contribution is 0.414. The van der Waals surface area contributed by atoms with E-state index in [2.05, 4.69) is 0 Å². The van der Waals surface area contributed by atoms with Gasteiger partial charge in [-0.15, -0.1) is 11.6 Å². The van der Waals surface area contributed by atoms with Crippen LogP contribution in [-0.2, 0) is 6.42 Å². The molecule has 0 aliphatic carbocycles. The fourth-order valence-electron chi connectivity index (χ4n) is 1.85. The maximum atomic E-state index is 13.6. The lowest BCUT2D eigenvalue weighted by Crippen LogP contribution is -2.00. The van der Waals surface area contributed by atoms with Crippen molar-refractivity contribution in [3.05, 3.63) is 65.2 Å². The average Bonchev–Trinajstić information content (AvgIpc) is 2.44. The molecule has 1 unspecified atom stereocenters. The molecule has 0 saturated carbocycles. The highest BCUT2D eigenvalue weighted by molar-refractivity contribution is 6.20. The van der Waals surface area contributed by atoms with Crippen LogP contribution >= 0.6 is 11.6 Å². The predicted octanol–water partition coefficient (Wildman–Crippen LogP) is 4.50. The summed E-state index contributed by atoms with van der Waals surface area (Å²) in [6.45, 7) is 0. The van der Waals surface area contributed by atoms with Crippen LogP contribution < -0.4 is 4.74 Å². The van der Waals surface area contributed by atoms with Crippen molar-refractivity contribution in [1.82, 2.24) is 0 Å². The Morgan fingerprint density at radius 1 is 1.16 bits per heavy atom. The highest BCUT2D eigenvalue weighted by Crippen LogP contribution is 2.28. The second-order valence-electron chi connectivity index (χ2n) is 4.16. The van der Waals surface area contributed by atoms with Crippen LogP contribution in [0.1, 0.15) is 16.5 Å². The Hall–Kier alpha value is -1.61. The summed E-state index contributed by atoms with van der Waals surface area (Å²) >= 11 is 6.25. The molecule has 0 aromatic heterocycles. The number of hydrogen-bond donors (Lipinski definition) is 0. The van der Waals surface area contributed by atoms with E-state index in [0.29, 0.717) is 5.75 Å². The van der Waals surface area contributed by atoms with Gasteiger partial charge in [-0.2, -0.15) is 0 Å². The molecule has 0 saturated heterocycles. The maximum absolute atomic E-state index is 13.6. The lowest BCUT2D eigenvalue weighted by atomic mass is 10.0. The van der Waals surface area contributed by atoms with Gasteiger partial charge in [0.1, 0.15) is 5.75 Å². The van der Waals surface area contributed by atoms with Crippen LogP contribution in [0.25, 0.3) is 0 Å². The van der Waals surface area contributed by atoms with Crippen molar-refractivity contribution in [1.29, 1.82) is 0 Å². The number of ether oxygens (including phenoxy) is 1. The molecular formula is C15H13ClF2O. The highest BCUT2D eigenvalue weighted by atomic mass is 35.5. The fourth-order valence-corrected chi connectivity index (χ4v) is 2.16. The predicted molar refractivity (Wildman–Crippen MR) is 71.7 cm³/mol. The van der Waals surface area contributed by atoms with Crippen LogP contribution in [0.15, 0.2) is 42.5 Å². The molecule has 0 spiro atoms. The first-order chi connectivity index (χ1) is 9.11. The van der Waals surface area contributed by atoms with Crippen LogP contribution in [0.4, 0.5) is 8.78 Å². The highest BCUT2D eigenvalue weighted by Gasteiger charge is 2.14. The SMILES string of the molecule is COc1cccc(C(Cl)Cc2cccc(F)c2F)c1. The normalized spacial score (nSPS) is 12.2. The molecule has 1 nitrogen and oxygen atoms in total. The second kappa shape index (κ2) is 6.02. The molecule has 0 radical (unpaired) electrons. The Bertz CT molecular complexity index is 572. The minimum atomic E-state index is -0.855. The van der Waals surface area contributed by atoms with Crippen molar-refractivity contribution >= 4 is 11.6 Å². The van der Waals surface area contributed by atoms with E-state index >= 15 is 0 Å². The molecule has 100 valence electrons. The van der Waals surface area contributed by atoms with Gasteiger partial charge in [-0.25, -0.2) is 8.78 Å². The lowest BCUT2D eigenvalue weighted by Gasteiger charge is -2.12. The van der Waals surface area contributed by atoms with Gasteiger partial charge in [0.05, 0.1) is 12.5 Å². The van der Waals surface area contributed by atoms with Gasteiger partial charge < -0.3 is 4.74 Å². The zero-order chi connectivity index (χ0) is 13.8. The van der Waals surface area contributed by atoms with Crippen LogP contribution in [0.2, 0.25) is 0 Å². The largest absolute Gasteiger partial charge is 0.497 e. The molecule has 0 amide bonds. The first-order valence-corrected chi connectivity index (χ1v) is 6.26. The Morgan fingerprint density at radius 2 is 1.89 bits per heavy atom. The van der Waals surface area contributed by atoms with Gasteiger partial charge in [-0.3, -0.25) is 0 Å². The molecule has 2 aromatic carbocycles. The minimum absolute atomic E-state index is 0.221. The van der Waals surface area contributed by atoms with Gasteiger partial charge in [-0.1, -0.05) is 24.3 Å². The van der Waals surface area contributed by atoms with Gasteiger partial charge >= 0.3 is 0 Å². The van der Waals surface area contributed by atoms with Crippen molar-refractivity contribution in [2.75, 3.05) is 7.11 Å². The first kappa shape index (κ1) is 13.8. The van der Waals surface area contributed by atoms with Crippen molar-refractivity contribution in [2.24, 2.45) is 0 Å². The molecule has 2 aromatic rings. The second-order valence-corrected chi connectivity index (χ2v) is 4.69. The molecule has 19 heavy (non-hydrogen) atoms. The molecule has 2 rings (SSSR count). The zero-order valence-corrected chi connectivity index (χ0v) is 11.1. The van der Waals surface area contributed by atoms with Crippen molar-refractivity contribution < 1.29 is 13.5 Å². The molecular weight excluding hydrogens is 270 g/mol. The van der Waals surface area contributed by atoms with Crippen LogP contribution in [0, 0.1) is 11.6 Å². The van der Waals surface area contributed by atoms with E-state index in [0.717, 1.165) is 11.6 Å². The molecule has 1 atom stereocenters. The molecule has 0 fully saturated rings. The van der Waals surface area contributed by atoms with Gasteiger partial charge in [0.25, 0.3) is 0 Å². The van der Waals surface area contributed by atoms with Crippen molar-refractivity contribution in [2.45, 2.75) is 11.8 Å². The van der Waals surface area contributed by atoms with Crippen molar-refractivity contribution in [3.8, 4) is 5.75 Å². The van der Waals surface area contributed by atoms with E-state index in [9.17, 15) is 8.78 Å². The number of hydrogen-bond acceptors (Lipinski definition) is 1. The van der Waals surface area contributed by atoms with Crippen LogP contribution in [0.5, 0.6) is 5.75 Å². The van der Waals surface area contributed by atoms with Gasteiger partial charge in [0.2, 0.25) is 0 Å². The van der Waals surface area contributed by atoms with Gasteiger partial charge in [-0.05, 0) is 35.7 Å². The molecule has 0 aliphatic heterocycles. The smallest absolute Gasteiger partial charge is 0.162 e. The molecule has 0 aliphatic rings. The zero-order valence-electron chi connectivity index (χ0n) is 10.4. The summed E-state index contributed by atoms with van der Waals surface area (Å²) in [4.78, 5) is 0.